The maximum atomic E-state index is 6.20. The van der Waals surface area contributed by atoms with E-state index in [1.165, 1.54) is 0 Å². The van der Waals surface area contributed by atoms with Gasteiger partial charge >= 0.3 is 0 Å². The third-order valence-electron chi connectivity index (χ3n) is 2.88. The van der Waals surface area contributed by atoms with Crippen molar-refractivity contribution in [1.29, 1.82) is 0 Å². The molecular formula is C16H16BrCl2NO. The van der Waals surface area contributed by atoms with Gasteiger partial charge in [-0.15, -0.1) is 0 Å². The molecule has 5 heteroatoms. The van der Waals surface area contributed by atoms with Crippen LogP contribution in [0.15, 0.2) is 40.9 Å². The minimum Gasteiger partial charge on any atom is -0.492 e. The van der Waals surface area contributed by atoms with Crippen LogP contribution in [0.5, 0.6) is 5.75 Å². The molecule has 0 aliphatic heterocycles. The number of anilines is 1. The molecule has 0 aromatic heterocycles. The zero-order valence-electron chi connectivity index (χ0n) is 11.6. The predicted octanol–water partition coefficient (Wildman–Crippen LogP) is 6.16. The number of ether oxygens (including phenoxy) is 1. The molecule has 2 aromatic carbocycles. The number of benzene rings is 2. The van der Waals surface area contributed by atoms with Crippen LogP contribution in [-0.2, 0) is 6.54 Å². The Morgan fingerprint density at radius 3 is 2.62 bits per heavy atom. The average Bonchev–Trinajstić information content (AvgIpc) is 2.47. The first kappa shape index (κ1) is 16.5. The third-order valence-corrected chi connectivity index (χ3v) is 4.04. The van der Waals surface area contributed by atoms with Crippen molar-refractivity contribution in [3.63, 3.8) is 0 Å². The maximum absolute atomic E-state index is 6.20. The Hall–Kier alpha value is -0.900. The Labute approximate surface area is 143 Å². The van der Waals surface area contributed by atoms with Crippen molar-refractivity contribution < 1.29 is 4.74 Å². The van der Waals surface area contributed by atoms with Crippen molar-refractivity contribution in [2.45, 2.75) is 19.9 Å². The van der Waals surface area contributed by atoms with Gasteiger partial charge in [-0.25, -0.2) is 0 Å². The third kappa shape index (κ3) is 4.80. The minimum atomic E-state index is 0.605. The smallest absolute Gasteiger partial charge is 0.138 e. The van der Waals surface area contributed by atoms with Crippen LogP contribution in [0.3, 0.4) is 0 Å². The Kier molecular flexibility index (Phi) is 6.22. The summed E-state index contributed by atoms with van der Waals surface area (Å²) in [6.07, 6.45) is 0.956. The molecule has 2 nitrogen and oxygen atoms in total. The zero-order valence-corrected chi connectivity index (χ0v) is 14.7. The first-order chi connectivity index (χ1) is 10.1. The van der Waals surface area contributed by atoms with Crippen molar-refractivity contribution in [2.24, 2.45) is 0 Å². The van der Waals surface area contributed by atoms with Gasteiger partial charge in [0, 0.05) is 21.7 Å². The normalized spacial score (nSPS) is 10.5. The van der Waals surface area contributed by atoms with Crippen LogP contribution in [0, 0.1) is 0 Å². The molecule has 0 fully saturated rings. The monoisotopic (exact) mass is 387 g/mol. The quantitative estimate of drug-likeness (QED) is 0.639. The number of hydrogen-bond donors (Lipinski definition) is 1. The van der Waals surface area contributed by atoms with Gasteiger partial charge in [0.05, 0.1) is 11.6 Å². The highest BCUT2D eigenvalue weighted by atomic mass is 79.9. The lowest BCUT2D eigenvalue weighted by molar-refractivity contribution is 0.317. The summed E-state index contributed by atoms with van der Waals surface area (Å²) in [5.74, 6) is 0.713. The summed E-state index contributed by atoms with van der Waals surface area (Å²) in [4.78, 5) is 0. The van der Waals surface area contributed by atoms with Crippen molar-refractivity contribution in [3.05, 3.63) is 56.5 Å². The molecule has 112 valence electrons. The predicted molar refractivity (Wildman–Crippen MR) is 93.7 cm³/mol. The summed E-state index contributed by atoms with van der Waals surface area (Å²) in [6.45, 7) is 3.36. The molecule has 2 rings (SSSR count). The molecule has 0 bridgehead atoms. The van der Waals surface area contributed by atoms with E-state index in [1.54, 1.807) is 0 Å². The lowest BCUT2D eigenvalue weighted by atomic mass is 10.2. The summed E-state index contributed by atoms with van der Waals surface area (Å²) in [6, 6.07) is 11.5. The molecule has 0 atom stereocenters. The van der Waals surface area contributed by atoms with Gasteiger partial charge in [-0.05, 0) is 48.4 Å². The highest BCUT2D eigenvalue weighted by Crippen LogP contribution is 2.28. The van der Waals surface area contributed by atoms with E-state index in [9.17, 15) is 0 Å². The fraction of sp³-hybridized carbons (Fsp3) is 0.250. The van der Waals surface area contributed by atoms with E-state index in [1.807, 2.05) is 36.4 Å². The van der Waals surface area contributed by atoms with Gasteiger partial charge in [-0.3, -0.25) is 0 Å². The van der Waals surface area contributed by atoms with Crippen LogP contribution in [0.25, 0.3) is 0 Å². The molecule has 0 saturated carbocycles. The standard InChI is InChI=1S/C16H16BrCl2NO/c1-2-7-21-16-6-4-13(9-15(16)19)20-10-11-8-12(17)3-5-14(11)18/h3-6,8-9,20H,2,7,10H2,1H3. The lowest BCUT2D eigenvalue weighted by Crippen LogP contribution is -2.01. The molecule has 0 radical (unpaired) electrons. The molecule has 0 unspecified atom stereocenters. The van der Waals surface area contributed by atoms with Crippen LogP contribution in [-0.4, -0.2) is 6.61 Å². The molecule has 1 N–H and O–H groups in total. The van der Waals surface area contributed by atoms with Crippen LogP contribution in [0.4, 0.5) is 5.69 Å². The number of halogens is 3. The van der Waals surface area contributed by atoms with Gasteiger partial charge in [-0.2, -0.15) is 0 Å². The van der Waals surface area contributed by atoms with Crippen molar-refractivity contribution in [3.8, 4) is 5.75 Å². The molecule has 2 aromatic rings. The van der Waals surface area contributed by atoms with Crippen LogP contribution < -0.4 is 10.1 Å². The molecule has 0 heterocycles. The van der Waals surface area contributed by atoms with Gasteiger partial charge in [-0.1, -0.05) is 46.1 Å². The van der Waals surface area contributed by atoms with E-state index in [-0.39, 0.29) is 0 Å². The molecule has 0 amide bonds. The van der Waals surface area contributed by atoms with E-state index in [0.29, 0.717) is 23.9 Å². The maximum Gasteiger partial charge on any atom is 0.138 e. The number of nitrogens with one attached hydrogen (secondary N) is 1. The second-order valence-electron chi connectivity index (χ2n) is 4.58. The molecule has 0 aliphatic rings. The fourth-order valence-corrected chi connectivity index (χ4v) is 2.64. The number of hydrogen-bond acceptors (Lipinski definition) is 2. The molecular weight excluding hydrogens is 373 g/mol. The Morgan fingerprint density at radius 2 is 1.90 bits per heavy atom. The Morgan fingerprint density at radius 1 is 1.10 bits per heavy atom. The van der Waals surface area contributed by atoms with Gasteiger partial charge in [0.1, 0.15) is 5.75 Å². The highest BCUT2D eigenvalue weighted by molar-refractivity contribution is 9.10. The average molecular weight is 389 g/mol. The molecule has 0 saturated heterocycles. The topological polar surface area (TPSA) is 21.3 Å². The lowest BCUT2D eigenvalue weighted by Gasteiger charge is -2.11. The van der Waals surface area contributed by atoms with Crippen molar-refractivity contribution >= 4 is 44.8 Å². The second-order valence-corrected chi connectivity index (χ2v) is 6.31. The first-order valence-electron chi connectivity index (χ1n) is 6.70. The Bertz CT molecular complexity index is 619. The Balaban J connectivity index is 2.03. The minimum absolute atomic E-state index is 0.605. The summed E-state index contributed by atoms with van der Waals surface area (Å²) in [5, 5.41) is 4.65. The SMILES string of the molecule is CCCOc1ccc(NCc2cc(Br)ccc2Cl)cc1Cl. The van der Waals surface area contributed by atoms with Crippen molar-refractivity contribution in [2.75, 3.05) is 11.9 Å². The van der Waals surface area contributed by atoms with E-state index in [4.69, 9.17) is 27.9 Å². The second kappa shape index (κ2) is 7.92. The van der Waals surface area contributed by atoms with Crippen LogP contribution >= 0.6 is 39.1 Å². The highest BCUT2D eigenvalue weighted by Gasteiger charge is 2.05. The van der Waals surface area contributed by atoms with Crippen molar-refractivity contribution in [1.82, 2.24) is 0 Å². The van der Waals surface area contributed by atoms with Crippen LogP contribution in [0.2, 0.25) is 10.0 Å². The van der Waals surface area contributed by atoms with E-state index in [0.717, 1.165) is 27.2 Å². The molecule has 0 spiro atoms. The largest absolute Gasteiger partial charge is 0.492 e. The summed E-state index contributed by atoms with van der Waals surface area (Å²) in [5.41, 5.74) is 1.95. The van der Waals surface area contributed by atoms with Gasteiger partial charge < -0.3 is 10.1 Å². The summed E-state index contributed by atoms with van der Waals surface area (Å²) in [7, 11) is 0. The molecule has 0 aliphatic carbocycles. The summed E-state index contributed by atoms with van der Waals surface area (Å²) < 4.78 is 6.56. The first-order valence-corrected chi connectivity index (χ1v) is 8.25. The summed E-state index contributed by atoms with van der Waals surface area (Å²) >= 11 is 15.8. The van der Waals surface area contributed by atoms with E-state index >= 15 is 0 Å². The van der Waals surface area contributed by atoms with E-state index in [2.05, 4.69) is 28.2 Å². The van der Waals surface area contributed by atoms with Gasteiger partial charge in [0.15, 0.2) is 0 Å². The molecule has 21 heavy (non-hydrogen) atoms. The van der Waals surface area contributed by atoms with E-state index < -0.39 is 0 Å². The fourth-order valence-electron chi connectivity index (χ4n) is 1.82. The van der Waals surface area contributed by atoms with Crippen LogP contribution in [0.1, 0.15) is 18.9 Å². The van der Waals surface area contributed by atoms with Gasteiger partial charge in [0.25, 0.3) is 0 Å². The number of rotatable bonds is 6. The van der Waals surface area contributed by atoms with Gasteiger partial charge in [0.2, 0.25) is 0 Å². The zero-order chi connectivity index (χ0) is 15.2.